The van der Waals surface area contributed by atoms with Gasteiger partial charge < -0.3 is 14.8 Å². The molecule has 3 heterocycles. The lowest BCUT2D eigenvalue weighted by Crippen LogP contribution is -2.49. The summed E-state index contributed by atoms with van der Waals surface area (Å²) in [6.07, 6.45) is 2.66. The number of aromatic nitrogens is 3. The van der Waals surface area contributed by atoms with Crippen LogP contribution in [0.3, 0.4) is 0 Å². The third-order valence-electron chi connectivity index (χ3n) is 4.80. The molecule has 1 aliphatic heterocycles. The minimum atomic E-state index is -4.38. The number of alkyl halides is 3. The first-order valence-electron chi connectivity index (χ1n) is 8.83. The molecule has 0 bridgehead atoms. The second kappa shape index (κ2) is 9.90. The maximum absolute atomic E-state index is 12.6. The van der Waals surface area contributed by atoms with E-state index in [-0.39, 0.29) is 24.0 Å². The summed E-state index contributed by atoms with van der Waals surface area (Å²) in [5.74, 6) is 1.30. The van der Waals surface area contributed by atoms with Crippen molar-refractivity contribution in [3.05, 3.63) is 34.8 Å². The molecule has 2 unspecified atom stereocenters. The predicted octanol–water partition coefficient (Wildman–Crippen LogP) is 3.68. The van der Waals surface area contributed by atoms with Gasteiger partial charge in [-0.1, -0.05) is 6.92 Å². The maximum Gasteiger partial charge on any atom is 0.434 e. The SMILES string of the molecule is CN=C(NCCc1nc(C(F)(F)F)cs1)N1CCC(C)C(n2ccnc2)C1.I. The standard InChI is InChI=1S/C17H23F3N6S.HI/c1-12-4-7-25(9-13(12)26-8-6-22-11-26)16(21-2)23-5-3-15-24-14(10-27-15)17(18,19)20;/h6,8,10-13H,3-5,7,9H2,1-2H3,(H,21,23);1H. The molecule has 2 atom stereocenters. The lowest BCUT2D eigenvalue weighted by Gasteiger charge is -2.39. The van der Waals surface area contributed by atoms with E-state index in [0.717, 1.165) is 42.2 Å². The van der Waals surface area contributed by atoms with Gasteiger partial charge in [0.1, 0.15) is 0 Å². The topological polar surface area (TPSA) is 58.3 Å². The fourth-order valence-electron chi connectivity index (χ4n) is 3.26. The number of likely N-dealkylation sites (tertiary alicyclic amines) is 1. The smallest absolute Gasteiger partial charge is 0.356 e. The molecule has 1 aliphatic rings. The van der Waals surface area contributed by atoms with Gasteiger partial charge in [0.15, 0.2) is 11.7 Å². The summed E-state index contributed by atoms with van der Waals surface area (Å²) in [7, 11) is 1.72. The second-order valence-corrected chi connectivity index (χ2v) is 7.58. The van der Waals surface area contributed by atoms with Crippen molar-refractivity contribution in [3.8, 4) is 0 Å². The largest absolute Gasteiger partial charge is 0.434 e. The molecule has 0 radical (unpaired) electrons. The van der Waals surface area contributed by atoms with Crippen LogP contribution in [0.1, 0.15) is 30.1 Å². The molecule has 1 fully saturated rings. The highest BCUT2D eigenvalue weighted by molar-refractivity contribution is 14.0. The van der Waals surface area contributed by atoms with E-state index in [1.165, 1.54) is 0 Å². The number of piperidine rings is 1. The number of thiazole rings is 1. The van der Waals surface area contributed by atoms with Gasteiger partial charge in [0.25, 0.3) is 0 Å². The molecule has 2 aromatic rings. The average molecular weight is 528 g/mol. The summed E-state index contributed by atoms with van der Waals surface area (Å²) in [5, 5.41) is 4.78. The maximum atomic E-state index is 12.6. The molecular formula is C17H24F3IN6S. The molecule has 1 saturated heterocycles. The highest BCUT2D eigenvalue weighted by Crippen LogP contribution is 2.30. The van der Waals surface area contributed by atoms with Gasteiger partial charge >= 0.3 is 6.18 Å². The number of hydrogen-bond donors (Lipinski definition) is 1. The van der Waals surface area contributed by atoms with Gasteiger partial charge in [-0.2, -0.15) is 13.2 Å². The van der Waals surface area contributed by atoms with Gasteiger partial charge in [0, 0.05) is 50.9 Å². The van der Waals surface area contributed by atoms with Crippen molar-refractivity contribution >= 4 is 41.3 Å². The van der Waals surface area contributed by atoms with Crippen molar-refractivity contribution in [1.82, 2.24) is 24.8 Å². The van der Waals surface area contributed by atoms with Crippen molar-refractivity contribution in [2.75, 3.05) is 26.7 Å². The van der Waals surface area contributed by atoms with Crippen molar-refractivity contribution in [2.24, 2.45) is 10.9 Å². The zero-order valence-corrected chi connectivity index (χ0v) is 18.8. The van der Waals surface area contributed by atoms with Crippen LogP contribution in [-0.4, -0.2) is 52.1 Å². The molecule has 0 spiro atoms. The fraction of sp³-hybridized carbons (Fsp3) is 0.588. The van der Waals surface area contributed by atoms with Crippen LogP contribution in [0.4, 0.5) is 13.2 Å². The van der Waals surface area contributed by atoms with Crippen molar-refractivity contribution < 1.29 is 13.2 Å². The predicted molar refractivity (Wildman–Crippen MR) is 114 cm³/mol. The van der Waals surface area contributed by atoms with Crippen LogP contribution in [-0.2, 0) is 12.6 Å². The third kappa shape index (κ3) is 5.58. The molecule has 2 aromatic heterocycles. The number of guanidine groups is 1. The van der Waals surface area contributed by atoms with Gasteiger partial charge in [-0.15, -0.1) is 35.3 Å². The van der Waals surface area contributed by atoms with Crippen LogP contribution >= 0.6 is 35.3 Å². The van der Waals surface area contributed by atoms with E-state index in [2.05, 4.69) is 36.7 Å². The summed E-state index contributed by atoms with van der Waals surface area (Å²) in [5.41, 5.74) is -0.819. The molecule has 156 valence electrons. The van der Waals surface area contributed by atoms with E-state index in [1.807, 2.05) is 12.5 Å². The summed E-state index contributed by atoms with van der Waals surface area (Å²) >= 11 is 1.04. The number of aliphatic imine (C=N–C) groups is 1. The Balaban J connectivity index is 0.00000280. The zero-order valence-electron chi connectivity index (χ0n) is 15.7. The molecule has 0 aromatic carbocycles. The molecule has 1 N–H and O–H groups in total. The monoisotopic (exact) mass is 528 g/mol. The average Bonchev–Trinajstić information content (AvgIpc) is 3.31. The van der Waals surface area contributed by atoms with Gasteiger partial charge in [-0.3, -0.25) is 4.99 Å². The number of nitrogens with zero attached hydrogens (tertiary/aromatic N) is 5. The Hall–Kier alpha value is -1.37. The quantitative estimate of drug-likeness (QED) is 0.374. The first-order chi connectivity index (χ1) is 12.9. The number of hydrogen-bond acceptors (Lipinski definition) is 4. The molecule has 28 heavy (non-hydrogen) atoms. The second-order valence-electron chi connectivity index (χ2n) is 6.64. The Labute approximate surface area is 183 Å². The number of imidazole rings is 1. The molecule has 0 amide bonds. The molecule has 0 saturated carbocycles. The number of nitrogens with one attached hydrogen (secondary N) is 1. The van der Waals surface area contributed by atoms with Crippen LogP contribution in [0.15, 0.2) is 29.1 Å². The zero-order chi connectivity index (χ0) is 19.4. The molecule has 11 heteroatoms. The van der Waals surface area contributed by atoms with E-state index in [4.69, 9.17) is 0 Å². The van der Waals surface area contributed by atoms with Crippen LogP contribution < -0.4 is 5.32 Å². The van der Waals surface area contributed by atoms with Gasteiger partial charge in [-0.05, 0) is 12.3 Å². The van der Waals surface area contributed by atoms with Crippen LogP contribution in [0.5, 0.6) is 0 Å². The van der Waals surface area contributed by atoms with E-state index in [1.54, 1.807) is 13.2 Å². The summed E-state index contributed by atoms with van der Waals surface area (Å²) in [6, 6.07) is 0.313. The Morgan fingerprint density at radius 1 is 1.43 bits per heavy atom. The molecular weight excluding hydrogens is 504 g/mol. The van der Waals surface area contributed by atoms with E-state index in [9.17, 15) is 13.2 Å². The van der Waals surface area contributed by atoms with Crippen LogP contribution in [0.2, 0.25) is 0 Å². The van der Waals surface area contributed by atoms with E-state index < -0.39 is 11.9 Å². The van der Waals surface area contributed by atoms with Gasteiger partial charge in [0.05, 0.1) is 17.4 Å². The Bertz CT molecular complexity index is 761. The lowest BCUT2D eigenvalue weighted by atomic mass is 9.93. The number of halogens is 4. The van der Waals surface area contributed by atoms with E-state index >= 15 is 0 Å². The number of rotatable bonds is 4. The third-order valence-corrected chi connectivity index (χ3v) is 5.71. The van der Waals surface area contributed by atoms with Crippen LogP contribution in [0.25, 0.3) is 0 Å². The molecule has 0 aliphatic carbocycles. The highest BCUT2D eigenvalue weighted by atomic mass is 127. The normalized spacial score (nSPS) is 20.8. The van der Waals surface area contributed by atoms with Crippen LogP contribution in [0, 0.1) is 5.92 Å². The highest BCUT2D eigenvalue weighted by Gasteiger charge is 2.33. The van der Waals surface area contributed by atoms with Crippen molar-refractivity contribution in [3.63, 3.8) is 0 Å². The van der Waals surface area contributed by atoms with Crippen molar-refractivity contribution in [2.45, 2.75) is 32.0 Å². The lowest BCUT2D eigenvalue weighted by molar-refractivity contribution is -0.140. The summed E-state index contributed by atoms with van der Waals surface area (Å²) in [6.45, 7) is 4.42. The minimum absolute atomic E-state index is 0. The summed E-state index contributed by atoms with van der Waals surface area (Å²) in [4.78, 5) is 14.3. The van der Waals surface area contributed by atoms with Crippen molar-refractivity contribution in [1.29, 1.82) is 0 Å². The van der Waals surface area contributed by atoms with E-state index in [0.29, 0.717) is 29.9 Å². The molecule has 3 rings (SSSR count). The Kier molecular flexibility index (Phi) is 8.10. The Morgan fingerprint density at radius 2 is 2.21 bits per heavy atom. The fourth-order valence-corrected chi connectivity index (χ4v) is 4.07. The Morgan fingerprint density at radius 3 is 2.82 bits per heavy atom. The summed E-state index contributed by atoms with van der Waals surface area (Å²) < 4.78 is 40.0. The first kappa shape index (κ1) is 22.9. The van der Waals surface area contributed by atoms with Gasteiger partial charge in [-0.25, -0.2) is 9.97 Å². The minimum Gasteiger partial charge on any atom is -0.356 e. The molecule has 6 nitrogen and oxygen atoms in total. The first-order valence-corrected chi connectivity index (χ1v) is 9.71. The van der Waals surface area contributed by atoms with Gasteiger partial charge in [0.2, 0.25) is 0 Å².